The molecule has 1 atom stereocenters. The van der Waals surface area contributed by atoms with E-state index in [0.29, 0.717) is 29.2 Å². The number of hydrogen-bond donors (Lipinski definition) is 2. The SMILES string of the molecule is Cc1cccc(Oc2cnn(-c3ccccc3)c(=O)c2Nc2cccc(C(=O)NCC3CCCO3)c2)c1. The molecule has 0 radical (unpaired) electrons. The number of ether oxygens (including phenoxy) is 2. The van der Waals surface area contributed by atoms with E-state index in [9.17, 15) is 9.59 Å². The number of benzene rings is 3. The van der Waals surface area contributed by atoms with Crippen molar-refractivity contribution in [2.45, 2.75) is 25.9 Å². The summed E-state index contributed by atoms with van der Waals surface area (Å²) in [6.07, 6.45) is 3.53. The van der Waals surface area contributed by atoms with Crippen molar-refractivity contribution < 1.29 is 14.3 Å². The minimum Gasteiger partial charge on any atom is -0.453 e. The first-order valence-corrected chi connectivity index (χ1v) is 12.3. The highest BCUT2D eigenvalue weighted by atomic mass is 16.5. The Bertz CT molecular complexity index is 1450. The molecule has 1 aromatic heterocycles. The molecule has 8 nitrogen and oxygen atoms in total. The van der Waals surface area contributed by atoms with Crippen LogP contribution in [0.1, 0.15) is 28.8 Å². The third kappa shape index (κ3) is 5.87. The molecule has 0 spiro atoms. The number of aromatic nitrogens is 2. The molecule has 2 N–H and O–H groups in total. The average molecular weight is 497 g/mol. The second kappa shape index (κ2) is 11.1. The van der Waals surface area contributed by atoms with Gasteiger partial charge in [0.25, 0.3) is 11.5 Å². The summed E-state index contributed by atoms with van der Waals surface area (Å²) in [5.74, 6) is 0.659. The van der Waals surface area contributed by atoms with Crippen molar-refractivity contribution in [1.29, 1.82) is 0 Å². The van der Waals surface area contributed by atoms with Crippen molar-refractivity contribution in [3.05, 3.63) is 107 Å². The van der Waals surface area contributed by atoms with Gasteiger partial charge in [-0.15, -0.1) is 0 Å². The monoisotopic (exact) mass is 496 g/mol. The molecule has 1 saturated heterocycles. The maximum absolute atomic E-state index is 13.6. The van der Waals surface area contributed by atoms with E-state index in [4.69, 9.17) is 9.47 Å². The van der Waals surface area contributed by atoms with Gasteiger partial charge in [-0.25, -0.2) is 0 Å². The lowest BCUT2D eigenvalue weighted by molar-refractivity contribution is 0.0858. The number of rotatable bonds is 8. The fourth-order valence-electron chi connectivity index (χ4n) is 4.19. The van der Waals surface area contributed by atoms with Crippen molar-refractivity contribution in [1.82, 2.24) is 15.1 Å². The summed E-state index contributed by atoms with van der Waals surface area (Å²) in [6, 6.07) is 23.7. The Kier molecular flexibility index (Phi) is 7.28. The molecule has 1 unspecified atom stereocenters. The van der Waals surface area contributed by atoms with Crippen molar-refractivity contribution in [2.75, 3.05) is 18.5 Å². The van der Waals surface area contributed by atoms with Crippen LogP contribution in [0.15, 0.2) is 89.9 Å². The highest BCUT2D eigenvalue weighted by Gasteiger charge is 2.18. The Morgan fingerprint density at radius 3 is 2.70 bits per heavy atom. The summed E-state index contributed by atoms with van der Waals surface area (Å²) < 4.78 is 13.0. The lowest BCUT2D eigenvalue weighted by Crippen LogP contribution is -2.31. The average Bonchev–Trinajstić information content (AvgIpc) is 3.44. The number of amides is 1. The van der Waals surface area contributed by atoms with Crippen LogP contribution in [-0.2, 0) is 4.74 Å². The van der Waals surface area contributed by atoms with Gasteiger partial charge in [-0.2, -0.15) is 9.78 Å². The lowest BCUT2D eigenvalue weighted by Gasteiger charge is -2.15. The molecule has 5 rings (SSSR count). The predicted octanol–water partition coefficient (Wildman–Crippen LogP) is 4.99. The molecule has 1 amide bonds. The smallest absolute Gasteiger partial charge is 0.299 e. The molecule has 1 aliphatic rings. The van der Waals surface area contributed by atoms with E-state index in [0.717, 1.165) is 25.0 Å². The molecule has 8 heteroatoms. The molecule has 37 heavy (non-hydrogen) atoms. The summed E-state index contributed by atoms with van der Waals surface area (Å²) in [5, 5.41) is 10.4. The Morgan fingerprint density at radius 1 is 1.08 bits per heavy atom. The van der Waals surface area contributed by atoms with Gasteiger partial charge in [-0.1, -0.05) is 36.4 Å². The van der Waals surface area contributed by atoms with Gasteiger partial charge in [0.1, 0.15) is 5.75 Å². The maximum Gasteiger partial charge on any atom is 0.299 e. The molecule has 0 saturated carbocycles. The lowest BCUT2D eigenvalue weighted by atomic mass is 10.1. The maximum atomic E-state index is 13.6. The highest BCUT2D eigenvalue weighted by Crippen LogP contribution is 2.29. The van der Waals surface area contributed by atoms with Gasteiger partial charge < -0.3 is 20.1 Å². The number of nitrogens with one attached hydrogen (secondary N) is 2. The number of hydrogen-bond acceptors (Lipinski definition) is 6. The topological polar surface area (TPSA) is 94.5 Å². The van der Waals surface area contributed by atoms with Crippen LogP contribution in [-0.4, -0.2) is 34.9 Å². The van der Waals surface area contributed by atoms with Crippen LogP contribution in [0, 0.1) is 6.92 Å². The van der Waals surface area contributed by atoms with Crippen LogP contribution < -0.4 is 20.9 Å². The van der Waals surface area contributed by atoms with E-state index in [1.807, 2.05) is 49.4 Å². The second-order valence-electron chi connectivity index (χ2n) is 8.91. The molecule has 2 heterocycles. The third-order valence-corrected chi connectivity index (χ3v) is 6.07. The summed E-state index contributed by atoms with van der Waals surface area (Å²) in [7, 11) is 0. The Balaban J connectivity index is 1.45. The molecule has 188 valence electrons. The summed E-state index contributed by atoms with van der Waals surface area (Å²) in [5.41, 5.74) is 2.52. The van der Waals surface area contributed by atoms with E-state index in [2.05, 4.69) is 15.7 Å². The summed E-state index contributed by atoms with van der Waals surface area (Å²) >= 11 is 0. The standard InChI is InChI=1S/C29H28N4O4/c1-20-8-5-13-24(16-20)37-26-19-31-33(23-11-3-2-4-12-23)29(35)27(26)32-22-10-6-9-21(17-22)28(34)30-18-25-14-7-15-36-25/h2-6,8-13,16-17,19,25,32H,7,14-15,18H2,1H3,(H,30,34). The number of aryl methyl sites for hydroxylation is 1. The van der Waals surface area contributed by atoms with Gasteiger partial charge in [-0.3, -0.25) is 9.59 Å². The Labute approximate surface area is 214 Å². The van der Waals surface area contributed by atoms with Gasteiger partial charge in [0, 0.05) is 24.4 Å². The molecule has 0 bridgehead atoms. The first-order valence-electron chi connectivity index (χ1n) is 12.3. The first kappa shape index (κ1) is 24.3. The highest BCUT2D eigenvalue weighted by molar-refractivity contribution is 5.95. The van der Waals surface area contributed by atoms with Gasteiger partial charge >= 0.3 is 0 Å². The van der Waals surface area contributed by atoms with Crippen LogP contribution >= 0.6 is 0 Å². The molecule has 1 aliphatic heterocycles. The number of carbonyl (C=O) groups is 1. The predicted molar refractivity (Wildman–Crippen MR) is 142 cm³/mol. The minimum absolute atomic E-state index is 0.0554. The largest absolute Gasteiger partial charge is 0.453 e. The number of anilines is 2. The molecular weight excluding hydrogens is 468 g/mol. The molecule has 3 aromatic carbocycles. The van der Waals surface area contributed by atoms with E-state index in [1.165, 1.54) is 10.9 Å². The van der Waals surface area contributed by atoms with E-state index in [-0.39, 0.29) is 29.0 Å². The normalized spacial score (nSPS) is 14.8. The van der Waals surface area contributed by atoms with E-state index >= 15 is 0 Å². The van der Waals surface area contributed by atoms with E-state index in [1.54, 1.807) is 36.4 Å². The Hall–Kier alpha value is -4.43. The number of para-hydroxylation sites is 1. The zero-order chi connectivity index (χ0) is 25.6. The fraction of sp³-hybridized carbons (Fsp3) is 0.207. The van der Waals surface area contributed by atoms with Gasteiger partial charge in [0.05, 0.1) is 18.0 Å². The Morgan fingerprint density at radius 2 is 1.92 bits per heavy atom. The molecular formula is C29H28N4O4. The first-order chi connectivity index (χ1) is 18.1. The van der Waals surface area contributed by atoms with Crippen LogP contribution in [0.4, 0.5) is 11.4 Å². The van der Waals surface area contributed by atoms with Crippen LogP contribution in [0.25, 0.3) is 5.69 Å². The van der Waals surface area contributed by atoms with Crippen molar-refractivity contribution >= 4 is 17.3 Å². The minimum atomic E-state index is -0.385. The quantitative estimate of drug-likeness (QED) is 0.357. The van der Waals surface area contributed by atoms with Crippen molar-refractivity contribution in [3.8, 4) is 17.2 Å². The third-order valence-electron chi connectivity index (χ3n) is 6.07. The molecule has 0 aliphatic carbocycles. The number of nitrogens with zero attached hydrogens (tertiary/aromatic N) is 2. The van der Waals surface area contributed by atoms with E-state index < -0.39 is 0 Å². The zero-order valence-electron chi connectivity index (χ0n) is 20.5. The fourth-order valence-corrected chi connectivity index (χ4v) is 4.19. The van der Waals surface area contributed by atoms with Crippen molar-refractivity contribution in [3.63, 3.8) is 0 Å². The zero-order valence-corrected chi connectivity index (χ0v) is 20.5. The van der Waals surface area contributed by atoms with Crippen molar-refractivity contribution in [2.24, 2.45) is 0 Å². The van der Waals surface area contributed by atoms with Crippen LogP contribution in [0.2, 0.25) is 0 Å². The van der Waals surface area contributed by atoms with Gasteiger partial charge in [-0.05, 0) is 67.8 Å². The molecule has 1 fully saturated rings. The molecule has 4 aromatic rings. The number of carbonyl (C=O) groups excluding carboxylic acids is 1. The van der Waals surface area contributed by atoms with Crippen LogP contribution in [0.3, 0.4) is 0 Å². The van der Waals surface area contributed by atoms with Gasteiger partial charge in [0.2, 0.25) is 0 Å². The van der Waals surface area contributed by atoms with Gasteiger partial charge in [0.15, 0.2) is 11.4 Å². The second-order valence-corrected chi connectivity index (χ2v) is 8.91. The summed E-state index contributed by atoms with van der Waals surface area (Å²) in [4.78, 5) is 26.3. The summed E-state index contributed by atoms with van der Waals surface area (Å²) in [6.45, 7) is 3.17. The van der Waals surface area contributed by atoms with Crippen LogP contribution in [0.5, 0.6) is 11.5 Å².